The van der Waals surface area contributed by atoms with Crippen LogP contribution in [-0.2, 0) is 19.1 Å². The lowest BCUT2D eigenvalue weighted by molar-refractivity contribution is -0.138. The van der Waals surface area contributed by atoms with Crippen LogP contribution in [0.5, 0.6) is 0 Å². The number of Topliss-reactive ketones (excluding diaryl/α,β-unsaturated/α-hetero) is 1. The molecule has 2 N–H and O–H groups in total. The van der Waals surface area contributed by atoms with E-state index in [0.717, 1.165) is 0 Å². The maximum atomic E-state index is 12.7. The van der Waals surface area contributed by atoms with Crippen molar-refractivity contribution in [2.75, 3.05) is 6.61 Å². The zero-order chi connectivity index (χ0) is 19.9. The van der Waals surface area contributed by atoms with Crippen LogP contribution >= 0.6 is 0 Å². The first-order valence-electron chi connectivity index (χ1n) is 7.96. The number of hydrogen-bond donors (Lipinski definition) is 2. The van der Waals surface area contributed by atoms with Gasteiger partial charge in [-0.15, -0.1) is 0 Å². The zero-order valence-electron chi connectivity index (χ0n) is 14.3. The Balaban J connectivity index is 1.99. The maximum Gasteiger partial charge on any atom is 0.523 e. The van der Waals surface area contributed by atoms with E-state index in [1.54, 1.807) is 6.92 Å². The number of aliphatic hydroxyl groups is 2. The molecule has 0 radical (unpaired) electrons. The van der Waals surface area contributed by atoms with Crippen molar-refractivity contribution in [3.8, 4) is 0 Å². The van der Waals surface area contributed by atoms with Crippen molar-refractivity contribution in [1.29, 1.82) is 0 Å². The third kappa shape index (κ3) is 2.35. The fourth-order valence-electron chi connectivity index (χ4n) is 4.04. The molecule has 0 aromatic heterocycles. The topological polar surface area (TPSA) is 101 Å². The Hall–Kier alpha value is -1.23. The van der Waals surface area contributed by atoms with Gasteiger partial charge in [-0.25, -0.2) is 0 Å². The molecule has 0 heterocycles. The van der Waals surface area contributed by atoms with E-state index in [0.29, 0.717) is 18.4 Å². The minimum Gasteiger partial charge on any atom is -0.387 e. The number of carbonyl (C=O) groups excluding carboxylic acids is 1. The van der Waals surface area contributed by atoms with E-state index >= 15 is 0 Å². The molecule has 1 spiro atoms. The predicted octanol–water partition coefficient (Wildman–Crippen LogP) is 1.59. The molecule has 26 heavy (non-hydrogen) atoms. The lowest BCUT2D eigenvalue weighted by atomic mass is 9.67. The number of ketones is 1. The van der Waals surface area contributed by atoms with Crippen molar-refractivity contribution in [2.24, 2.45) is 10.8 Å². The summed E-state index contributed by atoms with van der Waals surface area (Å²) in [5.41, 5.74) is -8.76. The average Bonchev–Trinajstić information content (AvgIpc) is 3.26. The molecular formula is C16H19F3O6S. The first kappa shape index (κ1) is 19.5. The SMILES string of the molecule is CC1=C2C(=C[C@@](C)(COS(=O)(=O)C(F)(F)F)[C@@H]2O)C(=O)[C@](C)(O)C12CC2. The lowest BCUT2D eigenvalue weighted by Gasteiger charge is -2.39. The molecule has 0 aromatic rings. The molecule has 0 amide bonds. The van der Waals surface area contributed by atoms with Gasteiger partial charge in [0.05, 0.1) is 12.7 Å². The van der Waals surface area contributed by atoms with Crippen LogP contribution in [0, 0.1) is 10.8 Å². The number of alkyl halides is 3. The van der Waals surface area contributed by atoms with Crippen molar-refractivity contribution in [2.45, 2.75) is 50.8 Å². The molecule has 10 heteroatoms. The van der Waals surface area contributed by atoms with Gasteiger partial charge in [-0.3, -0.25) is 8.98 Å². The molecule has 6 nitrogen and oxygen atoms in total. The Morgan fingerprint density at radius 3 is 2.31 bits per heavy atom. The van der Waals surface area contributed by atoms with E-state index in [4.69, 9.17) is 0 Å². The van der Waals surface area contributed by atoms with E-state index in [2.05, 4.69) is 4.18 Å². The molecule has 1 saturated carbocycles. The highest BCUT2D eigenvalue weighted by Crippen LogP contribution is 2.65. The van der Waals surface area contributed by atoms with Crippen molar-refractivity contribution in [3.05, 3.63) is 22.8 Å². The summed E-state index contributed by atoms with van der Waals surface area (Å²) < 4.78 is 63.8. The van der Waals surface area contributed by atoms with Crippen LogP contribution in [0.1, 0.15) is 33.6 Å². The third-order valence-corrected chi connectivity index (χ3v) is 6.96. The van der Waals surface area contributed by atoms with Crippen LogP contribution in [0.2, 0.25) is 0 Å². The largest absolute Gasteiger partial charge is 0.523 e. The molecule has 0 aliphatic heterocycles. The smallest absolute Gasteiger partial charge is 0.387 e. The first-order valence-corrected chi connectivity index (χ1v) is 9.37. The van der Waals surface area contributed by atoms with Gasteiger partial charge in [0.1, 0.15) is 5.60 Å². The number of fused-ring (bicyclic) bond motifs is 1. The molecule has 3 atom stereocenters. The number of hydrogen-bond acceptors (Lipinski definition) is 6. The van der Waals surface area contributed by atoms with Gasteiger partial charge in [-0.2, -0.15) is 21.6 Å². The van der Waals surface area contributed by atoms with Crippen LogP contribution in [0.3, 0.4) is 0 Å². The normalized spacial score (nSPS) is 36.4. The molecule has 3 aliphatic rings. The van der Waals surface area contributed by atoms with Crippen molar-refractivity contribution >= 4 is 15.9 Å². The van der Waals surface area contributed by atoms with Crippen LogP contribution in [0.15, 0.2) is 22.8 Å². The van der Waals surface area contributed by atoms with E-state index < -0.39 is 50.6 Å². The van der Waals surface area contributed by atoms with Gasteiger partial charge < -0.3 is 10.2 Å². The maximum absolute atomic E-state index is 12.7. The van der Waals surface area contributed by atoms with Gasteiger partial charge in [0.25, 0.3) is 0 Å². The molecule has 3 rings (SSSR count). The molecule has 146 valence electrons. The molecule has 3 aliphatic carbocycles. The fourth-order valence-corrected chi connectivity index (χ4v) is 4.58. The Kier molecular flexibility index (Phi) is 3.89. The molecule has 0 bridgehead atoms. The van der Waals surface area contributed by atoms with Gasteiger partial charge in [-0.1, -0.05) is 18.6 Å². The predicted molar refractivity (Wildman–Crippen MR) is 83.1 cm³/mol. The summed E-state index contributed by atoms with van der Waals surface area (Å²) in [6.45, 7) is 3.37. The van der Waals surface area contributed by atoms with E-state index in [9.17, 15) is 36.6 Å². The third-order valence-electron chi connectivity index (χ3n) is 5.96. The van der Waals surface area contributed by atoms with Crippen LogP contribution < -0.4 is 0 Å². The first-order chi connectivity index (χ1) is 11.6. The van der Waals surface area contributed by atoms with Gasteiger partial charge in [0.15, 0.2) is 5.78 Å². The number of aliphatic hydroxyl groups excluding tert-OH is 1. The molecule has 0 unspecified atom stereocenters. The van der Waals surface area contributed by atoms with E-state index in [-0.39, 0.29) is 11.1 Å². The Bertz CT molecular complexity index is 848. The lowest BCUT2D eigenvalue weighted by Crippen LogP contribution is -2.50. The summed E-state index contributed by atoms with van der Waals surface area (Å²) in [5, 5.41) is 21.4. The summed E-state index contributed by atoms with van der Waals surface area (Å²) in [6.07, 6.45) is 0.889. The minimum absolute atomic E-state index is 0.00744. The second kappa shape index (κ2) is 5.18. The Morgan fingerprint density at radius 2 is 1.85 bits per heavy atom. The van der Waals surface area contributed by atoms with Gasteiger partial charge in [0.2, 0.25) is 0 Å². The van der Waals surface area contributed by atoms with Crippen LogP contribution in [0.25, 0.3) is 0 Å². The van der Waals surface area contributed by atoms with Crippen molar-refractivity contribution in [1.82, 2.24) is 0 Å². The van der Waals surface area contributed by atoms with Crippen molar-refractivity contribution < 1.29 is 40.8 Å². The zero-order valence-corrected chi connectivity index (χ0v) is 15.2. The standard InChI is InChI=1S/C16H19F3O6S/c1-8-10-9(11(20)14(3,22)15(8)4-5-15)6-13(2,12(10)21)7-25-26(23,24)16(17,18)19/h6,12,21-22H,4-5,7H2,1-3H3/t12-,13+,14+/m1/s1. The van der Waals surface area contributed by atoms with Crippen LogP contribution in [-0.4, -0.2) is 48.2 Å². The fraction of sp³-hybridized carbons (Fsp3) is 0.688. The van der Waals surface area contributed by atoms with Crippen molar-refractivity contribution in [3.63, 3.8) is 0 Å². The number of rotatable bonds is 3. The summed E-state index contributed by atoms with van der Waals surface area (Å²) in [6, 6.07) is 0. The summed E-state index contributed by atoms with van der Waals surface area (Å²) in [7, 11) is -5.83. The Morgan fingerprint density at radius 1 is 1.31 bits per heavy atom. The van der Waals surface area contributed by atoms with Gasteiger partial charge in [0, 0.05) is 16.4 Å². The Labute approximate surface area is 148 Å². The van der Waals surface area contributed by atoms with Gasteiger partial charge >= 0.3 is 15.6 Å². The highest BCUT2D eigenvalue weighted by Gasteiger charge is 2.66. The molecular weight excluding hydrogens is 377 g/mol. The molecule has 1 fully saturated rings. The number of carbonyl (C=O) groups is 1. The van der Waals surface area contributed by atoms with Crippen LogP contribution in [0.4, 0.5) is 13.2 Å². The highest BCUT2D eigenvalue weighted by atomic mass is 32.2. The summed E-state index contributed by atoms with van der Waals surface area (Å²) in [4.78, 5) is 12.7. The molecule has 0 aromatic carbocycles. The second-order valence-electron chi connectivity index (χ2n) is 7.65. The van der Waals surface area contributed by atoms with E-state index in [1.165, 1.54) is 19.9 Å². The number of halogens is 3. The summed E-state index contributed by atoms with van der Waals surface area (Å²) >= 11 is 0. The quantitative estimate of drug-likeness (QED) is 0.555. The second-order valence-corrected chi connectivity index (χ2v) is 9.26. The molecule has 0 saturated heterocycles. The average molecular weight is 396 g/mol. The van der Waals surface area contributed by atoms with Gasteiger partial charge in [-0.05, 0) is 32.3 Å². The highest BCUT2D eigenvalue weighted by molar-refractivity contribution is 7.87. The van der Waals surface area contributed by atoms with E-state index in [1.807, 2.05) is 0 Å². The minimum atomic E-state index is -5.83. The monoisotopic (exact) mass is 396 g/mol. The summed E-state index contributed by atoms with van der Waals surface area (Å²) in [5.74, 6) is -0.628.